The zero-order chi connectivity index (χ0) is 9.42. The second kappa shape index (κ2) is 2.81. The minimum Gasteiger partial charge on any atom is -0.324 e. The molecule has 1 aliphatic heterocycles. The standard InChI is InChI=1S/C12H13N/c1-4-13-7-11-9(2)5-6-10(3)12(11)8-13/h1,5-6H,7-8H2,2-3H3. The number of aryl methyl sites for hydroxylation is 2. The van der Waals surface area contributed by atoms with Gasteiger partial charge in [-0.2, -0.15) is 0 Å². The molecule has 0 radical (unpaired) electrons. The minimum atomic E-state index is 0.916. The molecule has 0 atom stereocenters. The van der Waals surface area contributed by atoms with E-state index in [0.29, 0.717) is 0 Å². The highest BCUT2D eigenvalue weighted by atomic mass is 15.1. The van der Waals surface area contributed by atoms with Crippen LogP contribution in [0.25, 0.3) is 0 Å². The summed E-state index contributed by atoms with van der Waals surface area (Å²) in [5, 5.41) is 0. The second-order valence-electron chi connectivity index (χ2n) is 3.64. The Bertz CT molecular complexity index is 354. The van der Waals surface area contributed by atoms with Crippen LogP contribution < -0.4 is 0 Å². The van der Waals surface area contributed by atoms with Gasteiger partial charge in [-0.05, 0) is 36.1 Å². The summed E-state index contributed by atoms with van der Waals surface area (Å²) in [6.07, 6.45) is 5.39. The molecule has 1 aromatic carbocycles. The lowest BCUT2D eigenvalue weighted by Crippen LogP contribution is -2.07. The van der Waals surface area contributed by atoms with E-state index in [1.54, 1.807) is 0 Å². The number of hydrogen-bond acceptors (Lipinski definition) is 1. The Kier molecular flexibility index (Phi) is 1.77. The summed E-state index contributed by atoms with van der Waals surface area (Å²) in [5.41, 5.74) is 5.58. The van der Waals surface area contributed by atoms with Gasteiger partial charge < -0.3 is 4.90 Å². The molecule has 0 fully saturated rings. The molecule has 0 unspecified atom stereocenters. The molecule has 0 aliphatic carbocycles. The minimum absolute atomic E-state index is 0.916. The third-order valence-corrected chi connectivity index (χ3v) is 2.78. The van der Waals surface area contributed by atoms with Gasteiger partial charge in [0.1, 0.15) is 0 Å². The normalized spacial score (nSPS) is 14.1. The monoisotopic (exact) mass is 171 g/mol. The first kappa shape index (κ1) is 8.19. The third kappa shape index (κ3) is 1.19. The maximum Gasteiger partial charge on any atom is 0.0521 e. The van der Waals surface area contributed by atoms with E-state index in [-0.39, 0.29) is 0 Å². The van der Waals surface area contributed by atoms with Gasteiger partial charge in [-0.25, -0.2) is 0 Å². The van der Waals surface area contributed by atoms with Crippen LogP contribution in [0, 0.1) is 26.3 Å². The molecule has 1 aromatic rings. The number of rotatable bonds is 0. The number of benzene rings is 1. The van der Waals surface area contributed by atoms with Gasteiger partial charge in [0.15, 0.2) is 0 Å². The molecule has 2 rings (SSSR count). The smallest absolute Gasteiger partial charge is 0.0521 e. The highest BCUT2D eigenvalue weighted by Crippen LogP contribution is 2.27. The second-order valence-corrected chi connectivity index (χ2v) is 3.64. The molecule has 0 saturated heterocycles. The predicted octanol–water partition coefficient (Wildman–Crippen LogP) is 2.21. The molecule has 13 heavy (non-hydrogen) atoms. The van der Waals surface area contributed by atoms with Gasteiger partial charge in [0, 0.05) is 6.04 Å². The molecule has 0 bridgehead atoms. The fraction of sp³-hybridized carbons (Fsp3) is 0.333. The topological polar surface area (TPSA) is 3.24 Å². The third-order valence-electron chi connectivity index (χ3n) is 2.78. The maximum absolute atomic E-state index is 5.39. The first-order valence-electron chi connectivity index (χ1n) is 4.51. The molecule has 0 saturated carbocycles. The summed E-state index contributed by atoms with van der Waals surface area (Å²) in [5.74, 6) is 0. The Morgan fingerprint density at radius 3 is 2.00 bits per heavy atom. The van der Waals surface area contributed by atoms with Gasteiger partial charge >= 0.3 is 0 Å². The maximum atomic E-state index is 5.39. The lowest BCUT2D eigenvalue weighted by atomic mass is 10.0. The summed E-state index contributed by atoms with van der Waals surface area (Å²) in [6, 6.07) is 7.05. The molecule has 1 nitrogen and oxygen atoms in total. The molecule has 66 valence electrons. The molecular weight excluding hydrogens is 158 g/mol. The van der Waals surface area contributed by atoms with Crippen molar-refractivity contribution in [3.05, 3.63) is 34.4 Å². The molecule has 1 heteroatoms. The van der Waals surface area contributed by atoms with Crippen LogP contribution in [0.4, 0.5) is 0 Å². The van der Waals surface area contributed by atoms with E-state index in [1.807, 2.05) is 4.90 Å². The van der Waals surface area contributed by atoms with Crippen molar-refractivity contribution in [2.24, 2.45) is 0 Å². The van der Waals surface area contributed by atoms with Gasteiger partial charge in [0.05, 0.1) is 13.1 Å². The van der Waals surface area contributed by atoms with Crippen molar-refractivity contribution in [2.45, 2.75) is 26.9 Å². The van der Waals surface area contributed by atoms with Gasteiger partial charge in [0.2, 0.25) is 0 Å². The van der Waals surface area contributed by atoms with Crippen LogP contribution in [0.2, 0.25) is 0 Å². The summed E-state index contributed by atoms with van der Waals surface area (Å²) in [4.78, 5) is 2.02. The Balaban J connectivity index is 2.51. The van der Waals surface area contributed by atoms with E-state index in [9.17, 15) is 0 Å². The van der Waals surface area contributed by atoms with E-state index in [0.717, 1.165) is 13.1 Å². The Hall–Kier alpha value is -1.42. The van der Waals surface area contributed by atoms with Gasteiger partial charge in [0.25, 0.3) is 0 Å². The van der Waals surface area contributed by atoms with E-state index < -0.39 is 0 Å². The Morgan fingerprint density at radius 1 is 1.15 bits per heavy atom. The summed E-state index contributed by atoms with van der Waals surface area (Å²) in [6.45, 7) is 6.13. The lowest BCUT2D eigenvalue weighted by Gasteiger charge is -2.05. The van der Waals surface area contributed by atoms with E-state index in [1.165, 1.54) is 22.3 Å². The Morgan fingerprint density at radius 2 is 1.62 bits per heavy atom. The van der Waals surface area contributed by atoms with Crippen LogP contribution in [0.5, 0.6) is 0 Å². The van der Waals surface area contributed by atoms with Crippen molar-refractivity contribution in [3.63, 3.8) is 0 Å². The molecule has 1 aliphatic rings. The lowest BCUT2D eigenvalue weighted by molar-refractivity contribution is 0.425. The average Bonchev–Trinajstić information content (AvgIpc) is 2.56. The van der Waals surface area contributed by atoms with Crippen molar-refractivity contribution in [3.8, 4) is 12.5 Å². The van der Waals surface area contributed by atoms with Crippen molar-refractivity contribution < 1.29 is 0 Å². The van der Waals surface area contributed by atoms with Crippen LogP contribution in [0.3, 0.4) is 0 Å². The van der Waals surface area contributed by atoms with E-state index in [4.69, 9.17) is 6.42 Å². The number of nitrogens with zero attached hydrogens (tertiary/aromatic N) is 1. The van der Waals surface area contributed by atoms with Crippen molar-refractivity contribution in [1.29, 1.82) is 0 Å². The SMILES string of the molecule is C#CN1Cc2c(C)ccc(C)c2C1. The van der Waals surface area contributed by atoms with Gasteiger partial charge in [-0.3, -0.25) is 0 Å². The number of hydrogen-bond donors (Lipinski definition) is 0. The van der Waals surface area contributed by atoms with E-state index in [2.05, 4.69) is 32.0 Å². The summed E-state index contributed by atoms with van der Waals surface area (Å²) < 4.78 is 0. The van der Waals surface area contributed by atoms with Gasteiger partial charge in [-0.15, -0.1) is 0 Å². The summed E-state index contributed by atoms with van der Waals surface area (Å²) >= 11 is 0. The van der Waals surface area contributed by atoms with Crippen LogP contribution in [0.15, 0.2) is 12.1 Å². The molecule has 0 spiro atoms. The number of fused-ring (bicyclic) bond motifs is 1. The van der Waals surface area contributed by atoms with Crippen molar-refractivity contribution in [2.75, 3.05) is 0 Å². The van der Waals surface area contributed by atoms with Crippen molar-refractivity contribution >= 4 is 0 Å². The highest BCUT2D eigenvalue weighted by molar-refractivity contribution is 5.42. The molecular formula is C12H13N. The zero-order valence-electron chi connectivity index (χ0n) is 8.09. The Labute approximate surface area is 79.4 Å². The molecule has 0 aromatic heterocycles. The highest BCUT2D eigenvalue weighted by Gasteiger charge is 2.19. The van der Waals surface area contributed by atoms with Crippen molar-refractivity contribution in [1.82, 2.24) is 4.90 Å². The van der Waals surface area contributed by atoms with Crippen LogP contribution in [0.1, 0.15) is 22.3 Å². The first-order valence-corrected chi connectivity index (χ1v) is 4.51. The predicted molar refractivity (Wildman–Crippen MR) is 54.0 cm³/mol. The average molecular weight is 171 g/mol. The van der Waals surface area contributed by atoms with Crippen LogP contribution >= 0.6 is 0 Å². The van der Waals surface area contributed by atoms with Crippen LogP contribution in [-0.2, 0) is 13.1 Å². The van der Waals surface area contributed by atoms with Crippen LogP contribution in [-0.4, -0.2) is 4.90 Å². The van der Waals surface area contributed by atoms with Gasteiger partial charge in [-0.1, -0.05) is 18.6 Å². The fourth-order valence-electron chi connectivity index (χ4n) is 1.90. The first-order chi connectivity index (χ1) is 6.22. The molecule has 0 amide bonds. The largest absolute Gasteiger partial charge is 0.324 e. The quantitative estimate of drug-likeness (QED) is 0.541. The zero-order valence-corrected chi connectivity index (χ0v) is 8.09. The summed E-state index contributed by atoms with van der Waals surface area (Å²) in [7, 11) is 0. The molecule has 0 N–H and O–H groups in total. The fourth-order valence-corrected chi connectivity index (χ4v) is 1.90. The van der Waals surface area contributed by atoms with E-state index >= 15 is 0 Å². The molecule has 1 heterocycles. The number of terminal acetylenes is 1.